The van der Waals surface area contributed by atoms with Gasteiger partial charge in [-0.2, -0.15) is 15.0 Å². The lowest BCUT2D eigenvalue weighted by Gasteiger charge is -2.25. The maximum absolute atomic E-state index is 15.5. The van der Waals surface area contributed by atoms with Crippen LogP contribution in [0.5, 0.6) is 0 Å². The standard InChI is InChI=1S/C26H29FIN5O4/c1-14-9-15(13-32(8)23(34)36-25(2,3)4)10-17(27)19(14)20-16(12-29)11-18-21(30-20)22(28)31-33(18)24(35)37-26(5,6)7/h9-11H,13H2,1-8H3. The van der Waals surface area contributed by atoms with E-state index in [0.29, 0.717) is 20.3 Å². The number of nitrogens with zero attached hydrogens (tertiary/aromatic N) is 5. The van der Waals surface area contributed by atoms with E-state index >= 15 is 4.39 Å². The number of hydrogen-bond donors (Lipinski definition) is 0. The van der Waals surface area contributed by atoms with Crippen molar-refractivity contribution in [3.63, 3.8) is 0 Å². The first-order chi connectivity index (χ1) is 17.0. The van der Waals surface area contributed by atoms with Crippen molar-refractivity contribution >= 4 is 45.8 Å². The normalized spacial score (nSPS) is 11.8. The molecule has 0 spiro atoms. The molecule has 0 fully saturated rings. The second-order valence-electron chi connectivity index (χ2n) is 10.7. The zero-order valence-electron chi connectivity index (χ0n) is 22.1. The average molecular weight is 621 g/mol. The maximum Gasteiger partial charge on any atom is 0.435 e. The van der Waals surface area contributed by atoms with Gasteiger partial charge in [-0.3, -0.25) is 0 Å². The quantitative estimate of drug-likeness (QED) is 0.322. The first-order valence-corrected chi connectivity index (χ1v) is 12.5. The fourth-order valence-electron chi connectivity index (χ4n) is 3.61. The van der Waals surface area contributed by atoms with Crippen LogP contribution < -0.4 is 0 Å². The summed E-state index contributed by atoms with van der Waals surface area (Å²) in [6, 6.07) is 6.56. The van der Waals surface area contributed by atoms with Crippen LogP contribution in [0.2, 0.25) is 0 Å². The Kier molecular flexibility index (Phi) is 7.83. The minimum atomic E-state index is -0.744. The van der Waals surface area contributed by atoms with Crippen LogP contribution in [-0.4, -0.2) is 50.1 Å². The molecule has 1 aromatic carbocycles. The SMILES string of the molecule is Cc1cc(CN(C)C(=O)OC(C)(C)C)cc(F)c1-c1nc2c(I)nn(C(=O)OC(C)(C)C)c2cc1C#N. The molecule has 3 aromatic rings. The third-order valence-corrected chi connectivity index (χ3v) is 5.74. The van der Waals surface area contributed by atoms with Crippen LogP contribution in [0.1, 0.15) is 58.2 Å². The van der Waals surface area contributed by atoms with E-state index in [0.717, 1.165) is 4.68 Å². The summed E-state index contributed by atoms with van der Waals surface area (Å²) in [6.45, 7) is 12.4. The predicted molar refractivity (Wildman–Crippen MR) is 144 cm³/mol. The van der Waals surface area contributed by atoms with Gasteiger partial charge < -0.3 is 14.4 Å². The third-order valence-electron chi connectivity index (χ3n) is 5.01. The predicted octanol–water partition coefficient (Wildman–Crippen LogP) is 6.17. The molecule has 0 saturated carbocycles. The number of aromatic nitrogens is 3. The second kappa shape index (κ2) is 10.2. The van der Waals surface area contributed by atoms with Gasteiger partial charge in [0.2, 0.25) is 0 Å². The number of aryl methyl sites for hydroxylation is 1. The van der Waals surface area contributed by atoms with Gasteiger partial charge in [0.15, 0.2) is 0 Å². The highest BCUT2D eigenvalue weighted by Gasteiger charge is 2.26. The van der Waals surface area contributed by atoms with Crippen molar-refractivity contribution in [3.05, 3.63) is 44.4 Å². The summed E-state index contributed by atoms with van der Waals surface area (Å²) >= 11 is 1.93. The molecule has 0 atom stereocenters. The molecular weight excluding hydrogens is 592 g/mol. The number of hydrogen-bond acceptors (Lipinski definition) is 7. The Balaban J connectivity index is 2.04. The van der Waals surface area contributed by atoms with Crippen LogP contribution in [0, 0.1) is 27.8 Å². The van der Waals surface area contributed by atoms with Crippen LogP contribution in [0.4, 0.5) is 14.0 Å². The van der Waals surface area contributed by atoms with Crippen LogP contribution in [0.3, 0.4) is 0 Å². The molecular formula is C26H29FIN5O4. The van der Waals surface area contributed by atoms with E-state index in [1.807, 2.05) is 22.6 Å². The highest BCUT2D eigenvalue weighted by Crippen LogP contribution is 2.33. The second-order valence-corrected chi connectivity index (χ2v) is 11.7. The molecule has 37 heavy (non-hydrogen) atoms. The van der Waals surface area contributed by atoms with Crippen LogP contribution >= 0.6 is 22.6 Å². The minimum absolute atomic E-state index is 0.0780. The van der Waals surface area contributed by atoms with Gasteiger partial charge in [0.05, 0.1) is 11.3 Å². The lowest BCUT2D eigenvalue weighted by molar-refractivity contribution is 0.0284. The van der Waals surface area contributed by atoms with Gasteiger partial charge in [-0.15, -0.1) is 0 Å². The highest BCUT2D eigenvalue weighted by atomic mass is 127. The van der Waals surface area contributed by atoms with E-state index in [4.69, 9.17) is 9.47 Å². The van der Waals surface area contributed by atoms with E-state index in [1.165, 1.54) is 17.0 Å². The number of carbonyl (C=O) groups is 2. The minimum Gasteiger partial charge on any atom is -0.444 e. The molecule has 11 heteroatoms. The van der Waals surface area contributed by atoms with Crippen molar-refractivity contribution in [1.82, 2.24) is 19.7 Å². The summed E-state index contributed by atoms with van der Waals surface area (Å²) < 4.78 is 27.7. The van der Waals surface area contributed by atoms with E-state index in [-0.39, 0.29) is 28.9 Å². The monoisotopic (exact) mass is 621 g/mol. The van der Waals surface area contributed by atoms with Gasteiger partial charge in [-0.25, -0.2) is 19.0 Å². The molecule has 3 rings (SSSR count). The number of benzene rings is 1. The van der Waals surface area contributed by atoms with Crippen molar-refractivity contribution in [1.29, 1.82) is 5.26 Å². The van der Waals surface area contributed by atoms with Crippen LogP contribution in [-0.2, 0) is 16.0 Å². The number of pyridine rings is 1. The topological polar surface area (TPSA) is 110 Å². The zero-order chi connectivity index (χ0) is 27.9. The van der Waals surface area contributed by atoms with E-state index in [1.54, 1.807) is 61.6 Å². The first kappa shape index (κ1) is 28.3. The number of carbonyl (C=O) groups excluding carboxylic acids is 2. The Bertz CT molecular complexity index is 1410. The summed E-state index contributed by atoms with van der Waals surface area (Å²) in [7, 11) is 1.57. The number of fused-ring (bicyclic) bond motifs is 1. The average Bonchev–Trinajstić information content (AvgIpc) is 3.06. The Hall–Kier alpha value is -3.27. The van der Waals surface area contributed by atoms with Crippen molar-refractivity contribution in [3.8, 4) is 17.3 Å². The number of halogens is 2. The lowest BCUT2D eigenvalue weighted by Crippen LogP contribution is -2.33. The van der Waals surface area contributed by atoms with Crippen molar-refractivity contribution < 1.29 is 23.5 Å². The molecule has 196 valence electrons. The molecule has 1 amide bonds. The van der Waals surface area contributed by atoms with E-state index in [2.05, 4.69) is 16.2 Å². The molecule has 0 unspecified atom stereocenters. The van der Waals surface area contributed by atoms with Gasteiger partial charge in [-0.1, -0.05) is 6.07 Å². The summed E-state index contributed by atoms with van der Waals surface area (Å²) in [5.41, 5.74) is 0.690. The van der Waals surface area contributed by atoms with Gasteiger partial charge in [0.25, 0.3) is 0 Å². The van der Waals surface area contributed by atoms with E-state index in [9.17, 15) is 14.9 Å². The van der Waals surface area contributed by atoms with Gasteiger partial charge in [0, 0.05) is 19.2 Å². The maximum atomic E-state index is 15.5. The Morgan fingerprint density at radius 2 is 1.76 bits per heavy atom. The Morgan fingerprint density at radius 3 is 2.30 bits per heavy atom. The molecule has 0 bridgehead atoms. The summed E-state index contributed by atoms with van der Waals surface area (Å²) in [4.78, 5) is 30.9. The molecule has 2 aromatic heterocycles. The Labute approximate surface area is 228 Å². The number of rotatable bonds is 3. The number of nitriles is 1. The summed E-state index contributed by atoms with van der Waals surface area (Å²) in [5.74, 6) is -0.592. The summed E-state index contributed by atoms with van der Waals surface area (Å²) in [5, 5.41) is 14.1. The van der Waals surface area contributed by atoms with Crippen LogP contribution in [0.25, 0.3) is 22.3 Å². The first-order valence-electron chi connectivity index (χ1n) is 11.5. The Morgan fingerprint density at radius 1 is 1.14 bits per heavy atom. The van der Waals surface area contributed by atoms with Gasteiger partial charge in [0.1, 0.15) is 37.8 Å². The number of ether oxygens (including phenoxy) is 2. The van der Waals surface area contributed by atoms with Crippen LogP contribution in [0.15, 0.2) is 18.2 Å². The molecule has 9 nitrogen and oxygen atoms in total. The fraction of sp³-hybridized carbons (Fsp3) is 0.423. The summed E-state index contributed by atoms with van der Waals surface area (Å²) in [6.07, 6.45) is -1.23. The smallest absolute Gasteiger partial charge is 0.435 e. The highest BCUT2D eigenvalue weighted by molar-refractivity contribution is 14.1. The number of amides is 1. The van der Waals surface area contributed by atoms with Crippen molar-refractivity contribution in [2.24, 2.45) is 0 Å². The van der Waals surface area contributed by atoms with Gasteiger partial charge in [-0.05, 0) is 94.3 Å². The zero-order valence-corrected chi connectivity index (χ0v) is 24.2. The lowest BCUT2D eigenvalue weighted by atomic mass is 9.98. The molecule has 2 heterocycles. The third kappa shape index (κ3) is 6.54. The van der Waals surface area contributed by atoms with Crippen molar-refractivity contribution in [2.45, 2.75) is 66.2 Å². The molecule has 0 radical (unpaired) electrons. The van der Waals surface area contributed by atoms with Gasteiger partial charge >= 0.3 is 12.2 Å². The molecule has 0 aliphatic rings. The molecule has 0 N–H and O–H groups in total. The fourth-order valence-corrected chi connectivity index (χ4v) is 4.22. The van der Waals surface area contributed by atoms with Crippen molar-refractivity contribution in [2.75, 3.05) is 7.05 Å². The molecule has 0 saturated heterocycles. The molecule has 0 aliphatic carbocycles. The largest absolute Gasteiger partial charge is 0.444 e. The van der Waals surface area contributed by atoms with E-state index < -0.39 is 29.2 Å². The molecule has 0 aliphatic heterocycles.